The van der Waals surface area contributed by atoms with Crippen LogP contribution < -0.4 is 16.0 Å². The first-order chi connectivity index (χ1) is 10.1. The second-order valence-corrected chi connectivity index (χ2v) is 6.41. The molecule has 1 amide bonds. The summed E-state index contributed by atoms with van der Waals surface area (Å²) in [5, 5.41) is 3.40. The van der Waals surface area contributed by atoms with Crippen LogP contribution in [0.15, 0.2) is 22.7 Å². The van der Waals surface area contributed by atoms with Gasteiger partial charge >= 0.3 is 0 Å². The number of anilines is 1. The Morgan fingerprint density at radius 3 is 2.95 bits per heavy atom. The van der Waals surface area contributed by atoms with Gasteiger partial charge in [0.2, 0.25) is 5.91 Å². The zero-order chi connectivity index (χ0) is 15.2. The molecule has 1 aliphatic heterocycles. The molecule has 1 aromatic rings. The summed E-state index contributed by atoms with van der Waals surface area (Å²) < 4.78 is 1.08. The van der Waals surface area contributed by atoms with Crippen LogP contribution in [0, 0.1) is 0 Å². The normalized spacial score (nSPS) is 18.8. The van der Waals surface area contributed by atoms with Crippen LogP contribution in [-0.4, -0.2) is 25.0 Å². The standard InChI is InChI=1S/C16H24BrN3O/c1-2-8-19-11-12-6-7-13(10-14(12)17)20-9-4-3-5-15(20)16(18)21/h6-7,10,15,19H,2-5,8-9,11H2,1H3,(H2,18,21). The van der Waals surface area contributed by atoms with Gasteiger partial charge in [0.15, 0.2) is 0 Å². The Morgan fingerprint density at radius 2 is 2.29 bits per heavy atom. The smallest absolute Gasteiger partial charge is 0.240 e. The highest BCUT2D eigenvalue weighted by molar-refractivity contribution is 9.10. The fraction of sp³-hybridized carbons (Fsp3) is 0.562. The lowest BCUT2D eigenvalue weighted by Crippen LogP contribution is -2.47. The van der Waals surface area contributed by atoms with E-state index in [9.17, 15) is 4.79 Å². The molecule has 0 saturated carbocycles. The Bertz CT molecular complexity index is 492. The van der Waals surface area contributed by atoms with E-state index in [0.717, 1.165) is 55.5 Å². The van der Waals surface area contributed by atoms with Gasteiger partial charge < -0.3 is 16.0 Å². The summed E-state index contributed by atoms with van der Waals surface area (Å²) in [5.41, 5.74) is 7.85. The molecule has 2 rings (SSSR count). The lowest BCUT2D eigenvalue weighted by molar-refractivity contribution is -0.119. The maximum absolute atomic E-state index is 11.6. The predicted molar refractivity (Wildman–Crippen MR) is 90.3 cm³/mol. The molecule has 1 unspecified atom stereocenters. The van der Waals surface area contributed by atoms with E-state index in [4.69, 9.17) is 5.73 Å². The van der Waals surface area contributed by atoms with E-state index < -0.39 is 0 Å². The third kappa shape index (κ3) is 4.20. The van der Waals surface area contributed by atoms with E-state index in [1.165, 1.54) is 5.56 Å². The molecule has 1 aromatic carbocycles. The number of amides is 1. The topological polar surface area (TPSA) is 58.4 Å². The van der Waals surface area contributed by atoms with Crippen LogP contribution in [0.1, 0.15) is 38.2 Å². The van der Waals surface area contributed by atoms with E-state index in [2.05, 4.69) is 51.3 Å². The Balaban J connectivity index is 2.12. The van der Waals surface area contributed by atoms with Crippen LogP contribution >= 0.6 is 15.9 Å². The number of nitrogens with zero attached hydrogens (tertiary/aromatic N) is 1. The number of carbonyl (C=O) groups excluding carboxylic acids is 1. The van der Waals surface area contributed by atoms with Gasteiger partial charge in [-0.15, -0.1) is 0 Å². The molecular formula is C16H24BrN3O. The summed E-state index contributed by atoms with van der Waals surface area (Å²) in [6, 6.07) is 6.14. The van der Waals surface area contributed by atoms with E-state index in [1.54, 1.807) is 0 Å². The molecule has 1 atom stereocenters. The van der Waals surface area contributed by atoms with Gasteiger partial charge in [0.1, 0.15) is 6.04 Å². The average Bonchev–Trinajstić information content (AvgIpc) is 2.49. The highest BCUT2D eigenvalue weighted by Gasteiger charge is 2.27. The number of nitrogens with two attached hydrogens (primary N) is 1. The van der Waals surface area contributed by atoms with Crippen LogP contribution in [0.2, 0.25) is 0 Å². The monoisotopic (exact) mass is 353 g/mol. The third-order valence-corrected chi connectivity index (χ3v) is 4.68. The van der Waals surface area contributed by atoms with Gasteiger partial charge in [-0.3, -0.25) is 4.79 Å². The minimum absolute atomic E-state index is 0.172. The van der Waals surface area contributed by atoms with E-state index in [1.807, 2.05) is 0 Å². The van der Waals surface area contributed by atoms with Crippen LogP contribution in [0.3, 0.4) is 0 Å². The first-order valence-corrected chi connectivity index (χ1v) is 8.48. The number of nitrogens with one attached hydrogen (secondary N) is 1. The van der Waals surface area contributed by atoms with E-state index in [0.29, 0.717) is 0 Å². The summed E-state index contributed by atoms with van der Waals surface area (Å²) in [5.74, 6) is -0.223. The molecule has 116 valence electrons. The highest BCUT2D eigenvalue weighted by atomic mass is 79.9. The molecule has 21 heavy (non-hydrogen) atoms. The maximum Gasteiger partial charge on any atom is 0.240 e. The number of hydrogen-bond donors (Lipinski definition) is 2. The summed E-state index contributed by atoms with van der Waals surface area (Å²) in [7, 11) is 0. The van der Waals surface area contributed by atoms with Crippen molar-refractivity contribution in [3.63, 3.8) is 0 Å². The molecule has 1 heterocycles. The molecule has 0 radical (unpaired) electrons. The van der Waals surface area contributed by atoms with Gasteiger partial charge in [0.05, 0.1) is 0 Å². The van der Waals surface area contributed by atoms with Crippen LogP contribution in [0.4, 0.5) is 5.69 Å². The molecule has 0 aliphatic carbocycles. The summed E-state index contributed by atoms with van der Waals surface area (Å²) in [6.45, 7) is 4.93. The molecule has 1 aliphatic rings. The van der Waals surface area contributed by atoms with Crippen molar-refractivity contribution in [3.8, 4) is 0 Å². The zero-order valence-electron chi connectivity index (χ0n) is 12.6. The SMILES string of the molecule is CCCNCc1ccc(N2CCCCC2C(N)=O)cc1Br. The van der Waals surface area contributed by atoms with Crippen molar-refractivity contribution < 1.29 is 4.79 Å². The number of benzene rings is 1. The van der Waals surface area contributed by atoms with Crippen molar-refractivity contribution in [1.29, 1.82) is 0 Å². The summed E-state index contributed by atoms with van der Waals surface area (Å²) in [4.78, 5) is 13.8. The quantitative estimate of drug-likeness (QED) is 0.773. The first kappa shape index (κ1) is 16.3. The van der Waals surface area contributed by atoms with Crippen molar-refractivity contribution in [3.05, 3.63) is 28.2 Å². The van der Waals surface area contributed by atoms with Gasteiger partial charge in [0, 0.05) is 23.2 Å². The number of rotatable bonds is 6. The Kier molecular flexibility index (Phi) is 6.06. The van der Waals surface area contributed by atoms with Crippen molar-refractivity contribution in [2.45, 2.75) is 45.2 Å². The van der Waals surface area contributed by atoms with Crippen LogP contribution in [-0.2, 0) is 11.3 Å². The van der Waals surface area contributed by atoms with Crippen LogP contribution in [0.5, 0.6) is 0 Å². The number of piperidine rings is 1. The second kappa shape index (κ2) is 7.80. The molecule has 1 saturated heterocycles. The largest absolute Gasteiger partial charge is 0.368 e. The van der Waals surface area contributed by atoms with E-state index in [-0.39, 0.29) is 11.9 Å². The molecule has 3 N–H and O–H groups in total. The number of halogens is 1. The molecule has 0 bridgehead atoms. The van der Waals surface area contributed by atoms with Gasteiger partial charge in [-0.25, -0.2) is 0 Å². The van der Waals surface area contributed by atoms with Crippen molar-refractivity contribution in [2.24, 2.45) is 5.73 Å². The maximum atomic E-state index is 11.6. The first-order valence-electron chi connectivity index (χ1n) is 7.68. The van der Waals surface area contributed by atoms with E-state index >= 15 is 0 Å². The number of primary amides is 1. The minimum Gasteiger partial charge on any atom is -0.368 e. The fourth-order valence-electron chi connectivity index (χ4n) is 2.79. The Hall–Kier alpha value is -1.07. The number of carbonyl (C=O) groups is 1. The summed E-state index contributed by atoms with van der Waals surface area (Å²) in [6.07, 6.45) is 4.17. The molecule has 0 aromatic heterocycles. The fourth-order valence-corrected chi connectivity index (χ4v) is 3.30. The second-order valence-electron chi connectivity index (χ2n) is 5.56. The zero-order valence-corrected chi connectivity index (χ0v) is 14.2. The predicted octanol–water partition coefficient (Wildman–Crippen LogP) is 2.79. The van der Waals surface area contributed by atoms with Gasteiger partial charge in [-0.05, 0) is 49.9 Å². The number of hydrogen-bond acceptors (Lipinski definition) is 3. The molecule has 0 spiro atoms. The lowest BCUT2D eigenvalue weighted by Gasteiger charge is -2.35. The van der Waals surface area contributed by atoms with Crippen molar-refractivity contribution in [1.82, 2.24) is 5.32 Å². The lowest BCUT2D eigenvalue weighted by atomic mass is 10.0. The third-order valence-electron chi connectivity index (χ3n) is 3.94. The molecular weight excluding hydrogens is 330 g/mol. The average molecular weight is 354 g/mol. The molecule has 5 heteroatoms. The summed E-state index contributed by atoms with van der Waals surface area (Å²) >= 11 is 3.64. The van der Waals surface area contributed by atoms with Crippen molar-refractivity contribution in [2.75, 3.05) is 18.0 Å². The Labute approximate surface area is 135 Å². The highest BCUT2D eigenvalue weighted by Crippen LogP contribution is 2.29. The van der Waals surface area contributed by atoms with Crippen LogP contribution in [0.25, 0.3) is 0 Å². The molecule has 1 fully saturated rings. The van der Waals surface area contributed by atoms with Gasteiger partial charge in [-0.1, -0.05) is 28.9 Å². The van der Waals surface area contributed by atoms with Crippen molar-refractivity contribution >= 4 is 27.5 Å². The Morgan fingerprint density at radius 1 is 1.48 bits per heavy atom. The van der Waals surface area contributed by atoms with Gasteiger partial charge in [-0.2, -0.15) is 0 Å². The minimum atomic E-state index is -0.223. The molecule has 4 nitrogen and oxygen atoms in total. The van der Waals surface area contributed by atoms with Gasteiger partial charge in [0.25, 0.3) is 0 Å².